The van der Waals surface area contributed by atoms with E-state index in [1.807, 2.05) is 121 Å². The summed E-state index contributed by atoms with van der Waals surface area (Å²) in [6.45, 7) is 7.17. The van der Waals surface area contributed by atoms with Gasteiger partial charge in [-0.2, -0.15) is 0 Å². The zero-order valence-electron chi connectivity index (χ0n) is 28.1. The fourth-order valence-corrected chi connectivity index (χ4v) is 5.84. The summed E-state index contributed by atoms with van der Waals surface area (Å²) in [5.41, 5.74) is 3.91. The van der Waals surface area contributed by atoms with E-state index >= 15 is 0 Å². The predicted molar refractivity (Wildman–Crippen MR) is 186 cm³/mol. The van der Waals surface area contributed by atoms with E-state index in [-0.39, 0.29) is 39.5 Å². The maximum Gasteiger partial charge on any atom is 0.311 e. The van der Waals surface area contributed by atoms with E-state index in [1.54, 1.807) is 13.0 Å². The molecule has 1 heterocycles. The molecule has 1 aliphatic heterocycles. The van der Waals surface area contributed by atoms with Crippen molar-refractivity contribution >= 4 is 5.97 Å². The highest BCUT2D eigenvalue weighted by molar-refractivity contribution is 5.70. The second-order valence-electron chi connectivity index (χ2n) is 11.8. The van der Waals surface area contributed by atoms with Gasteiger partial charge in [0.25, 0.3) is 0 Å². The highest BCUT2D eigenvalue weighted by atomic mass is 16.7. The molecule has 0 aromatic heterocycles. The van der Waals surface area contributed by atoms with Crippen LogP contribution < -0.4 is 0 Å². The standard InChI is InChI=1S/C41H46O8/c1-3-25-48-41(26-37(42)44-4-2)40(47-30-35-23-15-8-16-24-35)39(46-29-34-21-13-7-14-22-34)38(45-28-33-19-11-6-12-20-33)36(49-41)31-43-27-32-17-9-5-10-18-32/h3,5-24,36,38-40H,1,4,25-31H2,2H3/t36-,38-,39+,40-,41+/m1/s1. The van der Waals surface area contributed by atoms with Gasteiger partial charge in [-0.1, -0.05) is 127 Å². The number of hydrogen-bond donors (Lipinski definition) is 0. The van der Waals surface area contributed by atoms with E-state index in [4.69, 9.17) is 33.2 Å². The molecule has 8 nitrogen and oxygen atoms in total. The Morgan fingerprint density at radius 1 is 0.694 bits per heavy atom. The lowest BCUT2D eigenvalue weighted by molar-refractivity contribution is -0.381. The van der Waals surface area contributed by atoms with Crippen molar-refractivity contribution < 1.29 is 38.0 Å². The third-order valence-electron chi connectivity index (χ3n) is 8.15. The summed E-state index contributed by atoms with van der Waals surface area (Å²) >= 11 is 0. The van der Waals surface area contributed by atoms with Crippen LogP contribution in [0.3, 0.4) is 0 Å². The van der Waals surface area contributed by atoms with Crippen molar-refractivity contribution in [3.05, 3.63) is 156 Å². The molecule has 1 aliphatic rings. The lowest BCUT2D eigenvalue weighted by Gasteiger charge is -2.52. The van der Waals surface area contributed by atoms with Gasteiger partial charge in [-0.25, -0.2) is 0 Å². The Balaban J connectivity index is 1.55. The molecule has 0 unspecified atom stereocenters. The number of esters is 1. The van der Waals surface area contributed by atoms with Crippen LogP contribution in [0.15, 0.2) is 134 Å². The zero-order valence-corrected chi connectivity index (χ0v) is 28.1. The molecule has 1 fully saturated rings. The monoisotopic (exact) mass is 666 g/mol. The molecule has 5 rings (SSSR count). The topological polar surface area (TPSA) is 81.7 Å². The number of carbonyl (C=O) groups excluding carboxylic acids is 1. The summed E-state index contributed by atoms with van der Waals surface area (Å²) in [5, 5.41) is 0. The zero-order chi connectivity index (χ0) is 34.2. The third kappa shape index (κ3) is 10.7. The normalized spacial score (nSPS) is 22.0. The Hall–Kier alpha value is -4.15. The smallest absolute Gasteiger partial charge is 0.311 e. The van der Waals surface area contributed by atoms with Crippen LogP contribution in [0.5, 0.6) is 0 Å². The molecule has 1 saturated heterocycles. The Bertz CT molecular complexity index is 1520. The van der Waals surface area contributed by atoms with Crippen LogP contribution in [-0.4, -0.2) is 56.0 Å². The van der Waals surface area contributed by atoms with E-state index < -0.39 is 36.2 Å². The van der Waals surface area contributed by atoms with Crippen molar-refractivity contribution in [1.29, 1.82) is 0 Å². The maximum atomic E-state index is 13.3. The highest BCUT2D eigenvalue weighted by Gasteiger charge is 2.59. The molecule has 0 spiro atoms. The van der Waals surface area contributed by atoms with Crippen LogP contribution in [0.2, 0.25) is 0 Å². The molecule has 0 aliphatic carbocycles. The Morgan fingerprint density at radius 3 is 1.65 bits per heavy atom. The van der Waals surface area contributed by atoms with Crippen molar-refractivity contribution in [3.63, 3.8) is 0 Å². The molecule has 8 heteroatoms. The number of carbonyl (C=O) groups is 1. The van der Waals surface area contributed by atoms with Crippen molar-refractivity contribution in [2.75, 3.05) is 19.8 Å². The molecule has 0 bridgehead atoms. The average molecular weight is 667 g/mol. The van der Waals surface area contributed by atoms with Gasteiger partial charge in [0, 0.05) is 0 Å². The minimum Gasteiger partial charge on any atom is -0.466 e. The van der Waals surface area contributed by atoms with E-state index in [0.717, 1.165) is 22.3 Å². The predicted octanol–water partition coefficient (Wildman–Crippen LogP) is 7.21. The summed E-state index contributed by atoms with van der Waals surface area (Å²) in [4.78, 5) is 13.3. The number of benzene rings is 4. The van der Waals surface area contributed by atoms with E-state index in [9.17, 15) is 4.79 Å². The van der Waals surface area contributed by atoms with Gasteiger partial charge in [-0.3, -0.25) is 4.79 Å². The van der Waals surface area contributed by atoms with Crippen LogP contribution in [-0.2, 0) is 64.4 Å². The molecule has 4 aromatic rings. The second kappa shape index (κ2) is 19.1. The molecule has 0 saturated carbocycles. The number of rotatable bonds is 19. The maximum absolute atomic E-state index is 13.3. The number of hydrogen-bond acceptors (Lipinski definition) is 8. The molecule has 49 heavy (non-hydrogen) atoms. The summed E-state index contributed by atoms with van der Waals surface area (Å²) in [7, 11) is 0. The molecule has 0 N–H and O–H groups in total. The molecule has 258 valence electrons. The lowest BCUT2D eigenvalue weighted by Crippen LogP contribution is -2.68. The highest BCUT2D eigenvalue weighted by Crippen LogP contribution is 2.40. The van der Waals surface area contributed by atoms with Crippen LogP contribution in [0.1, 0.15) is 35.6 Å². The van der Waals surface area contributed by atoms with Gasteiger partial charge in [0.15, 0.2) is 0 Å². The van der Waals surface area contributed by atoms with Crippen molar-refractivity contribution in [2.24, 2.45) is 0 Å². The first kappa shape index (κ1) is 36.1. The quantitative estimate of drug-likeness (QED) is 0.0768. The van der Waals surface area contributed by atoms with Gasteiger partial charge >= 0.3 is 5.97 Å². The summed E-state index contributed by atoms with van der Waals surface area (Å²) in [6, 6.07) is 39.5. The van der Waals surface area contributed by atoms with Gasteiger partial charge in [-0.15, -0.1) is 6.58 Å². The van der Waals surface area contributed by atoms with Gasteiger partial charge < -0.3 is 33.2 Å². The molecular formula is C41H46O8. The molecular weight excluding hydrogens is 620 g/mol. The summed E-state index contributed by atoms with van der Waals surface area (Å²) < 4.78 is 45.3. The second-order valence-corrected chi connectivity index (χ2v) is 11.8. The lowest BCUT2D eigenvalue weighted by atomic mass is 9.89. The van der Waals surface area contributed by atoms with Crippen LogP contribution in [0.4, 0.5) is 0 Å². The average Bonchev–Trinajstić information content (AvgIpc) is 3.14. The fourth-order valence-electron chi connectivity index (χ4n) is 5.84. The van der Waals surface area contributed by atoms with Gasteiger partial charge in [-0.05, 0) is 29.2 Å². The van der Waals surface area contributed by atoms with Crippen LogP contribution >= 0.6 is 0 Å². The SMILES string of the molecule is C=CCO[C@@]1(CC(=O)OCC)O[C@H](COCc2ccccc2)[C@@H](OCc2ccccc2)[C@H](OCc2ccccc2)[C@H]1OCc1ccccc1. The van der Waals surface area contributed by atoms with Gasteiger partial charge in [0.1, 0.15) is 30.8 Å². The molecule has 0 radical (unpaired) electrons. The molecule has 0 amide bonds. The van der Waals surface area contributed by atoms with E-state index in [1.165, 1.54) is 0 Å². The first-order valence-corrected chi connectivity index (χ1v) is 16.8. The first-order valence-electron chi connectivity index (χ1n) is 16.8. The van der Waals surface area contributed by atoms with Crippen molar-refractivity contribution in [2.45, 2.75) is 70.0 Å². The number of ether oxygens (including phenoxy) is 7. The van der Waals surface area contributed by atoms with Gasteiger partial charge in [0.05, 0.1) is 46.2 Å². The summed E-state index contributed by atoms with van der Waals surface area (Å²) in [5.74, 6) is -2.11. The Kier molecular flexibility index (Phi) is 14.1. The van der Waals surface area contributed by atoms with Crippen LogP contribution in [0.25, 0.3) is 0 Å². The molecule has 5 atom stereocenters. The first-order chi connectivity index (χ1) is 24.1. The van der Waals surface area contributed by atoms with E-state index in [0.29, 0.717) is 13.2 Å². The Morgan fingerprint density at radius 2 is 1.16 bits per heavy atom. The van der Waals surface area contributed by atoms with Crippen LogP contribution in [0, 0.1) is 0 Å². The van der Waals surface area contributed by atoms with Crippen molar-refractivity contribution in [1.82, 2.24) is 0 Å². The Labute approximate surface area is 289 Å². The van der Waals surface area contributed by atoms with E-state index in [2.05, 4.69) is 6.58 Å². The minimum atomic E-state index is -1.62. The summed E-state index contributed by atoms with van der Waals surface area (Å²) in [6.07, 6.45) is -1.71. The fraction of sp³-hybridized carbons (Fsp3) is 0.341. The molecule has 4 aromatic carbocycles. The largest absolute Gasteiger partial charge is 0.466 e. The van der Waals surface area contributed by atoms with Crippen molar-refractivity contribution in [3.8, 4) is 0 Å². The third-order valence-corrected chi connectivity index (χ3v) is 8.15. The van der Waals surface area contributed by atoms with Gasteiger partial charge in [0.2, 0.25) is 5.79 Å². The minimum absolute atomic E-state index is 0.0864.